The predicted octanol–water partition coefficient (Wildman–Crippen LogP) is 2.17. The minimum atomic E-state index is 0.00927. The molecule has 1 atom stereocenters. The highest BCUT2D eigenvalue weighted by Gasteiger charge is 2.26. The molecule has 0 aromatic carbocycles. The molecular formula is C19H28N6O. The standard InChI is InChI=1S/C19H28N6O/c1-14(2)25-12-15(10-21-25)11-23-7-3-5-16(13-23)17-9-18-19(26)20-6-4-8-24(18)22-17/h9-10,12,14,16H,3-8,11,13H2,1-2H3,(H,20,26). The topological polar surface area (TPSA) is 68.0 Å². The zero-order valence-corrected chi connectivity index (χ0v) is 15.7. The van der Waals surface area contributed by atoms with Gasteiger partial charge in [0.15, 0.2) is 0 Å². The number of carbonyl (C=O) groups excluding carboxylic acids is 1. The van der Waals surface area contributed by atoms with Crippen LogP contribution in [0.1, 0.15) is 66.8 Å². The molecule has 4 heterocycles. The van der Waals surface area contributed by atoms with Crippen molar-refractivity contribution in [1.29, 1.82) is 0 Å². The Labute approximate surface area is 154 Å². The maximum Gasteiger partial charge on any atom is 0.269 e. The van der Waals surface area contributed by atoms with Gasteiger partial charge in [0.05, 0.1) is 11.9 Å². The van der Waals surface area contributed by atoms with Crippen LogP contribution >= 0.6 is 0 Å². The van der Waals surface area contributed by atoms with Gasteiger partial charge < -0.3 is 5.32 Å². The van der Waals surface area contributed by atoms with Crippen molar-refractivity contribution >= 4 is 5.91 Å². The number of aryl methyl sites for hydroxylation is 1. The summed E-state index contributed by atoms with van der Waals surface area (Å²) in [6, 6.07) is 2.40. The molecule has 1 saturated heterocycles. The third kappa shape index (κ3) is 3.53. The van der Waals surface area contributed by atoms with Crippen molar-refractivity contribution < 1.29 is 4.79 Å². The van der Waals surface area contributed by atoms with Gasteiger partial charge in [-0.15, -0.1) is 0 Å². The summed E-state index contributed by atoms with van der Waals surface area (Å²) in [5.74, 6) is 0.408. The maximum absolute atomic E-state index is 12.2. The van der Waals surface area contributed by atoms with E-state index in [0.29, 0.717) is 17.7 Å². The van der Waals surface area contributed by atoms with Crippen molar-refractivity contribution in [2.75, 3.05) is 19.6 Å². The molecule has 0 spiro atoms. The van der Waals surface area contributed by atoms with E-state index in [2.05, 4.69) is 35.4 Å². The monoisotopic (exact) mass is 356 g/mol. The first-order valence-electron chi connectivity index (χ1n) is 9.71. The Kier molecular flexibility index (Phi) is 4.80. The van der Waals surface area contributed by atoms with Gasteiger partial charge in [0, 0.05) is 49.9 Å². The van der Waals surface area contributed by atoms with Crippen molar-refractivity contribution in [2.45, 2.75) is 58.2 Å². The lowest BCUT2D eigenvalue weighted by molar-refractivity contribution is 0.0950. The second kappa shape index (κ2) is 7.23. The number of nitrogens with zero attached hydrogens (tertiary/aromatic N) is 5. The number of amides is 1. The summed E-state index contributed by atoms with van der Waals surface area (Å²) in [4.78, 5) is 14.7. The Balaban J connectivity index is 1.45. The van der Waals surface area contributed by atoms with E-state index in [1.54, 1.807) is 0 Å². The van der Waals surface area contributed by atoms with Gasteiger partial charge in [-0.25, -0.2) is 0 Å². The number of likely N-dealkylation sites (tertiary alicyclic amines) is 1. The number of hydrogen-bond donors (Lipinski definition) is 1. The molecule has 1 N–H and O–H groups in total. The molecule has 2 aliphatic rings. The van der Waals surface area contributed by atoms with Gasteiger partial charge in [0.1, 0.15) is 5.69 Å². The lowest BCUT2D eigenvalue weighted by Gasteiger charge is -2.31. The van der Waals surface area contributed by atoms with Crippen molar-refractivity contribution in [3.8, 4) is 0 Å². The van der Waals surface area contributed by atoms with Crippen LogP contribution in [-0.2, 0) is 13.1 Å². The lowest BCUT2D eigenvalue weighted by Crippen LogP contribution is -2.34. The Morgan fingerprint density at radius 1 is 1.31 bits per heavy atom. The molecule has 140 valence electrons. The van der Waals surface area contributed by atoms with Crippen molar-refractivity contribution in [3.63, 3.8) is 0 Å². The van der Waals surface area contributed by atoms with E-state index in [4.69, 9.17) is 5.10 Å². The first kappa shape index (κ1) is 17.3. The number of nitrogens with one attached hydrogen (secondary N) is 1. The van der Waals surface area contributed by atoms with E-state index < -0.39 is 0 Å². The van der Waals surface area contributed by atoms with E-state index in [9.17, 15) is 4.79 Å². The summed E-state index contributed by atoms with van der Waals surface area (Å²) in [5, 5.41) is 12.2. The number of carbonyl (C=O) groups is 1. The largest absolute Gasteiger partial charge is 0.351 e. The summed E-state index contributed by atoms with van der Waals surface area (Å²) in [5.41, 5.74) is 3.05. The molecule has 1 amide bonds. The van der Waals surface area contributed by atoms with Crippen molar-refractivity contribution in [3.05, 3.63) is 35.4 Å². The van der Waals surface area contributed by atoms with Gasteiger partial charge >= 0.3 is 0 Å². The fourth-order valence-corrected chi connectivity index (χ4v) is 3.95. The Morgan fingerprint density at radius 3 is 3.00 bits per heavy atom. The normalized spacial score (nSPS) is 21.5. The molecule has 26 heavy (non-hydrogen) atoms. The minimum absolute atomic E-state index is 0.00927. The van der Waals surface area contributed by atoms with Crippen LogP contribution < -0.4 is 5.32 Å². The Hall–Kier alpha value is -2.15. The van der Waals surface area contributed by atoms with Crippen molar-refractivity contribution in [2.24, 2.45) is 0 Å². The molecule has 0 bridgehead atoms. The average Bonchev–Trinajstić information content (AvgIpc) is 3.23. The number of fused-ring (bicyclic) bond motifs is 1. The molecule has 0 radical (unpaired) electrons. The van der Waals surface area contributed by atoms with Gasteiger partial charge in [0.2, 0.25) is 0 Å². The highest BCUT2D eigenvalue weighted by Crippen LogP contribution is 2.28. The molecule has 4 rings (SSSR count). The number of piperidine rings is 1. The number of hydrogen-bond acceptors (Lipinski definition) is 4. The fourth-order valence-electron chi connectivity index (χ4n) is 3.95. The SMILES string of the molecule is CC(C)n1cc(CN2CCCC(c3cc4n(n3)CCCNC4=O)C2)cn1. The Bertz CT molecular complexity index is 777. The molecular weight excluding hydrogens is 328 g/mol. The van der Waals surface area contributed by atoms with Gasteiger partial charge in [-0.1, -0.05) is 0 Å². The molecule has 2 aromatic heterocycles. The van der Waals surface area contributed by atoms with Crippen LogP contribution in [0.25, 0.3) is 0 Å². The maximum atomic E-state index is 12.2. The van der Waals surface area contributed by atoms with E-state index in [1.165, 1.54) is 5.56 Å². The molecule has 0 saturated carbocycles. The summed E-state index contributed by atoms with van der Waals surface area (Å²) in [7, 11) is 0. The first-order chi connectivity index (χ1) is 12.6. The first-order valence-corrected chi connectivity index (χ1v) is 9.71. The molecule has 2 aromatic rings. The molecule has 2 aliphatic heterocycles. The molecule has 0 aliphatic carbocycles. The Morgan fingerprint density at radius 2 is 2.19 bits per heavy atom. The summed E-state index contributed by atoms with van der Waals surface area (Å²) in [6.45, 7) is 8.87. The predicted molar refractivity (Wildman–Crippen MR) is 99.0 cm³/mol. The van der Waals surface area contributed by atoms with Gasteiger partial charge in [0.25, 0.3) is 5.91 Å². The van der Waals surface area contributed by atoms with Crippen LogP contribution in [0.15, 0.2) is 18.5 Å². The smallest absolute Gasteiger partial charge is 0.269 e. The van der Waals surface area contributed by atoms with Crippen LogP contribution in [0.4, 0.5) is 0 Å². The van der Waals surface area contributed by atoms with E-state index in [0.717, 1.165) is 57.7 Å². The molecule has 1 fully saturated rings. The van der Waals surface area contributed by atoms with E-state index in [-0.39, 0.29) is 5.91 Å². The zero-order chi connectivity index (χ0) is 18.1. The fraction of sp³-hybridized carbons (Fsp3) is 0.632. The second-order valence-electron chi connectivity index (χ2n) is 7.78. The second-order valence-corrected chi connectivity index (χ2v) is 7.78. The van der Waals surface area contributed by atoms with Crippen molar-refractivity contribution in [1.82, 2.24) is 29.8 Å². The quantitative estimate of drug-likeness (QED) is 0.912. The van der Waals surface area contributed by atoms with E-state index in [1.807, 2.05) is 21.6 Å². The van der Waals surface area contributed by atoms with E-state index >= 15 is 0 Å². The highest BCUT2D eigenvalue weighted by atomic mass is 16.2. The van der Waals surface area contributed by atoms with Crippen LogP contribution in [-0.4, -0.2) is 50.0 Å². The van der Waals surface area contributed by atoms with Gasteiger partial charge in [-0.3, -0.25) is 19.1 Å². The van der Waals surface area contributed by atoms with Crippen LogP contribution in [0, 0.1) is 0 Å². The number of aromatic nitrogens is 4. The molecule has 1 unspecified atom stereocenters. The molecule has 7 nitrogen and oxygen atoms in total. The van der Waals surface area contributed by atoms with Crippen LogP contribution in [0.5, 0.6) is 0 Å². The summed E-state index contributed by atoms with van der Waals surface area (Å²) >= 11 is 0. The van der Waals surface area contributed by atoms with Gasteiger partial charge in [-0.05, 0) is 45.7 Å². The lowest BCUT2D eigenvalue weighted by atomic mass is 9.94. The minimum Gasteiger partial charge on any atom is -0.351 e. The van der Waals surface area contributed by atoms with Crippen LogP contribution in [0.3, 0.4) is 0 Å². The highest BCUT2D eigenvalue weighted by molar-refractivity contribution is 5.92. The summed E-state index contributed by atoms with van der Waals surface area (Å²) in [6.07, 6.45) is 7.37. The third-order valence-electron chi connectivity index (χ3n) is 5.38. The average molecular weight is 356 g/mol. The third-order valence-corrected chi connectivity index (χ3v) is 5.38. The van der Waals surface area contributed by atoms with Crippen LogP contribution in [0.2, 0.25) is 0 Å². The van der Waals surface area contributed by atoms with Gasteiger partial charge in [-0.2, -0.15) is 10.2 Å². The summed E-state index contributed by atoms with van der Waals surface area (Å²) < 4.78 is 3.91. The zero-order valence-electron chi connectivity index (χ0n) is 15.7. The number of rotatable bonds is 4. The molecule has 7 heteroatoms.